The van der Waals surface area contributed by atoms with Gasteiger partial charge in [-0.1, -0.05) is 6.92 Å². The number of hydrogen-bond acceptors (Lipinski definition) is 3. The van der Waals surface area contributed by atoms with Crippen LogP contribution >= 0.6 is 12.4 Å². The van der Waals surface area contributed by atoms with Crippen LogP contribution in [0.25, 0.3) is 0 Å². The molecule has 0 bridgehead atoms. The number of morpholine rings is 1. The highest BCUT2D eigenvalue weighted by Gasteiger charge is 2.37. The molecule has 2 fully saturated rings. The van der Waals surface area contributed by atoms with Crippen LogP contribution in [-0.2, 0) is 9.53 Å². The van der Waals surface area contributed by atoms with Gasteiger partial charge in [-0.15, -0.1) is 12.4 Å². The van der Waals surface area contributed by atoms with E-state index < -0.39 is 0 Å². The zero-order valence-corrected chi connectivity index (χ0v) is 10.6. The molecule has 1 saturated carbocycles. The Bertz CT molecular complexity index is 238. The molecule has 1 heterocycles. The Morgan fingerprint density at radius 1 is 1.56 bits per heavy atom. The monoisotopic (exact) mass is 248 g/mol. The Kier molecular flexibility index (Phi) is 5.02. The molecular weight excluding hydrogens is 228 g/mol. The lowest BCUT2D eigenvalue weighted by Gasteiger charge is -2.23. The van der Waals surface area contributed by atoms with Gasteiger partial charge in [0, 0.05) is 25.6 Å². The Hall–Kier alpha value is -0.320. The Morgan fingerprint density at radius 3 is 2.88 bits per heavy atom. The third-order valence-electron chi connectivity index (χ3n) is 3.25. The highest BCUT2D eigenvalue weighted by atomic mass is 35.5. The molecule has 1 unspecified atom stereocenters. The summed E-state index contributed by atoms with van der Waals surface area (Å²) < 4.78 is 5.30. The summed E-state index contributed by atoms with van der Waals surface area (Å²) in [6, 6.07) is 0.200. The lowest BCUT2D eigenvalue weighted by molar-refractivity contribution is -0.122. The van der Waals surface area contributed by atoms with Gasteiger partial charge in [0.05, 0.1) is 13.2 Å². The van der Waals surface area contributed by atoms with E-state index in [1.54, 1.807) is 0 Å². The SMILES string of the molecule is CC1(CNC(=O)CC2COCCN2)CC1.Cl. The predicted molar refractivity (Wildman–Crippen MR) is 64.8 cm³/mol. The summed E-state index contributed by atoms with van der Waals surface area (Å²) in [5.41, 5.74) is 0.395. The second-order valence-electron chi connectivity index (χ2n) is 5.02. The van der Waals surface area contributed by atoms with Crippen molar-refractivity contribution < 1.29 is 9.53 Å². The van der Waals surface area contributed by atoms with Gasteiger partial charge in [-0.2, -0.15) is 0 Å². The molecule has 2 aliphatic rings. The van der Waals surface area contributed by atoms with E-state index in [0.717, 1.165) is 19.7 Å². The van der Waals surface area contributed by atoms with Gasteiger partial charge in [0.1, 0.15) is 0 Å². The number of rotatable bonds is 4. The molecule has 0 aromatic heterocycles. The molecule has 2 rings (SSSR count). The van der Waals surface area contributed by atoms with E-state index in [9.17, 15) is 4.79 Å². The van der Waals surface area contributed by atoms with Crippen LogP contribution in [0.15, 0.2) is 0 Å². The van der Waals surface area contributed by atoms with E-state index >= 15 is 0 Å². The van der Waals surface area contributed by atoms with E-state index in [0.29, 0.717) is 18.4 Å². The third kappa shape index (κ3) is 4.28. The van der Waals surface area contributed by atoms with Crippen molar-refractivity contribution in [1.29, 1.82) is 0 Å². The van der Waals surface area contributed by atoms with Crippen LogP contribution in [-0.4, -0.2) is 38.3 Å². The van der Waals surface area contributed by atoms with Crippen molar-refractivity contribution in [2.24, 2.45) is 5.41 Å². The molecule has 1 amide bonds. The lowest BCUT2D eigenvalue weighted by Crippen LogP contribution is -2.44. The fraction of sp³-hybridized carbons (Fsp3) is 0.909. The van der Waals surface area contributed by atoms with Crippen molar-refractivity contribution in [1.82, 2.24) is 10.6 Å². The summed E-state index contributed by atoms with van der Waals surface area (Å²) in [6.45, 7) is 5.32. The molecule has 94 valence electrons. The number of nitrogens with one attached hydrogen (secondary N) is 2. The third-order valence-corrected chi connectivity index (χ3v) is 3.25. The Morgan fingerprint density at radius 2 is 2.31 bits per heavy atom. The topological polar surface area (TPSA) is 50.4 Å². The molecule has 4 nitrogen and oxygen atoms in total. The maximum atomic E-state index is 11.6. The molecule has 1 aliphatic heterocycles. The first-order valence-electron chi connectivity index (χ1n) is 5.76. The molecule has 0 aromatic rings. The molecule has 1 saturated heterocycles. The van der Waals surface area contributed by atoms with Crippen molar-refractivity contribution in [2.75, 3.05) is 26.3 Å². The predicted octanol–water partition coefficient (Wildman–Crippen LogP) is 0.703. The molecule has 0 spiro atoms. The van der Waals surface area contributed by atoms with Gasteiger partial charge < -0.3 is 15.4 Å². The van der Waals surface area contributed by atoms with E-state index in [2.05, 4.69) is 17.6 Å². The first-order chi connectivity index (χ1) is 7.18. The quantitative estimate of drug-likeness (QED) is 0.770. The van der Waals surface area contributed by atoms with Crippen LogP contribution in [0.1, 0.15) is 26.2 Å². The van der Waals surface area contributed by atoms with Crippen molar-refractivity contribution >= 4 is 18.3 Å². The maximum Gasteiger partial charge on any atom is 0.221 e. The number of carbonyl (C=O) groups excluding carboxylic acids is 1. The fourth-order valence-corrected chi connectivity index (χ4v) is 1.75. The van der Waals surface area contributed by atoms with Crippen LogP contribution in [0.2, 0.25) is 0 Å². The molecule has 1 aliphatic carbocycles. The number of hydrogen-bond donors (Lipinski definition) is 2. The summed E-state index contributed by atoms with van der Waals surface area (Å²) in [5.74, 6) is 0.145. The highest BCUT2D eigenvalue weighted by Crippen LogP contribution is 2.43. The average Bonchev–Trinajstić information content (AvgIpc) is 2.96. The van der Waals surface area contributed by atoms with Crippen LogP contribution in [0.4, 0.5) is 0 Å². The van der Waals surface area contributed by atoms with Crippen LogP contribution in [0, 0.1) is 5.41 Å². The van der Waals surface area contributed by atoms with Gasteiger partial charge in [0.2, 0.25) is 5.91 Å². The van der Waals surface area contributed by atoms with Gasteiger partial charge in [0.25, 0.3) is 0 Å². The molecule has 5 heteroatoms. The minimum absolute atomic E-state index is 0. The molecule has 16 heavy (non-hydrogen) atoms. The zero-order valence-electron chi connectivity index (χ0n) is 9.75. The lowest BCUT2D eigenvalue weighted by atomic mass is 10.1. The summed E-state index contributed by atoms with van der Waals surface area (Å²) in [6.07, 6.45) is 3.03. The van der Waals surface area contributed by atoms with Gasteiger partial charge >= 0.3 is 0 Å². The minimum Gasteiger partial charge on any atom is -0.378 e. The Balaban J connectivity index is 0.00000128. The number of ether oxygens (including phenoxy) is 1. The molecule has 0 radical (unpaired) electrons. The summed E-state index contributed by atoms with van der Waals surface area (Å²) in [4.78, 5) is 11.6. The summed E-state index contributed by atoms with van der Waals surface area (Å²) in [5, 5.41) is 6.27. The number of carbonyl (C=O) groups is 1. The molecule has 0 aromatic carbocycles. The van der Waals surface area contributed by atoms with Crippen LogP contribution in [0.5, 0.6) is 0 Å². The van der Waals surface area contributed by atoms with Crippen LogP contribution in [0.3, 0.4) is 0 Å². The summed E-state index contributed by atoms with van der Waals surface area (Å²) in [7, 11) is 0. The average molecular weight is 249 g/mol. The summed E-state index contributed by atoms with van der Waals surface area (Å²) >= 11 is 0. The molecule has 2 N–H and O–H groups in total. The second-order valence-corrected chi connectivity index (χ2v) is 5.02. The first-order valence-corrected chi connectivity index (χ1v) is 5.76. The maximum absolute atomic E-state index is 11.6. The first kappa shape index (κ1) is 13.7. The van der Waals surface area contributed by atoms with Crippen molar-refractivity contribution in [3.63, 3.8) is 0 Å². The smallest absolute Gasteiger partial charge is 0.221 e. The minimum atomic E-state index is 0. The van der Waals surface area contributed by atoms with Crippen molar-refractivity contribution in [3.8, 4) is 0 Å². The van der Waals surface area contributed by atoms with E-state index in [1.807, 2.05) is 0 Å². The zero-order chi connectivity index (χ0) is 10.7. The normalized spacial score (nSPS) is 26.7. The van der Waals surface area contributed by atoms with E-state index in [-0.39, 0.29) is 24.4 Å². The van der Waals surface area contributed by atoms with E-state index in [1.165, 1.54) is 12.8 Å². The highest BCUT2D eigenvalue weighted by molar-refractivity contribution is 5.85. The molecular formula is C11H21ClN2O2. The van der Waals surface area contributed by atoms with Gasteiger partial charge in [-0.25, -0.2) is 0 Å². The van der Waals surface area contributed by atoms with Crippen molar-refractivity contribution in [3.05, 3.63) is 0 Å². The second kappa shape index (κ2) is 5.84. The standard InChI is InChI=1S/C11H20N2O2.ClH/c1-11(2-3-11)8-13-10(14)6-9-7-15-5-4-12-9;/h9,12H,2-8H2,1H3,(H,13,14);1H. The molecule has 1 atom stereocenters. The van der Waals surface area contributed by atoms with Crippen molar-refractivity contribution in [2.45, 2.75) is 32.2 Å². The van der Waals surface area contributed by atoms with Crippen LogP contribution < -0.4 is 10.6 Å². The number of halogens is 1. The van der Waals surface area contributed by atoms with Gasteiger partial charge in [-0.3, -0.25) is 4.79 Å². The largest absolute Gasteiger partial charge is 0.378 e. The van der Waals surface area contributed by atoms with E-state index in [4.69, 9.17) is 4.74 Å². The fourth-order valence-electron chi connectivity index (χ4n) is 1.75. The number of amides is 1. The van der Waals surface area contributed by atoms with Gasteiger partial charge in [-0.05, 0) is 18.3 Å². The van der Waals surface area contributed by atoms with Gasteiger partial charge in [0.15, 0.2) is 0 Å². The Labute approximate surface area is 103 Å².